The van der Waals surface area contributed by atoms with Crippen LogP contribution in [0.25, 0.3) is 0 Å². The highest BCUT2D eigenvalue weighted by Crippen LogP contribution is 2.76. The highest BCUT2D eigenvalue weighted by molar-refractivity contribution is 6.05. The van der Waals surface area contributed by atoms with Gasteiger partial charge in [-0.3, -0.25) is 4.79 Å². The molecule has 4 N–H and O–H groups in total. The third-order valence-electron chi connectivity index (χ3n) is 8.88. The minimum Gasteiger partial charge on any atom is -0.392 e. The number of hydrogen-bond donors (Lipinski definition) is 4. The normalized spacial score (nSPS) is 59.9. The van der Waals surface area contributed by atoms with Crippen LogP contribution in [0, 0.1) is 34.0 Å². The summed E-state index contributed by atoms with van der Waals surface area (Å²) in [5, 5.41) is 45.1. The molecule has 0 amide bonds. The van der Waals surface area contributed by atoms with Crippen molar-refractivity contribution in [2.75, 3.05) is 6.61 Å². The molecular formula is C20H28O6. The van der Waals surface area contributed by atoms with Gasteiger partial charge in [0, 0.05) is 17.3 Å². The van der Waals surface area contributed by atoms with Gasteiger partial charge >= 0.3 is 0 Å². The second-order valence-electron chi connectivity index (χ2n) is 9.97. The summed E-state index contributed by atoms with van der Waals surface area (Å²) in [6.45, 7) is 8.07. The number of Topliss-reactive ketones (excluding diaryl/α,β-unsaturated/α-hetero) is 1. The van der Waals surface area contributed by atoms with Gasteiger partial charge in [-0.25, -0.2) is 0 Å². The molecule has 0 unspecified atom stereocenters. The first kappa shape index (κ1) is 17.3. The Balaban J connectivity index is 1.81. The molecule has 2 aliphatic heterocycles. The lowest BCUT2D eigenvalue weighted by atomic mass is 9.35. The monoisotopic (exact) mass is 364 g/mol. The van der Waals surface area contributed by atoms with Gasteiger partial charge in [0.1, 0.15) is 11.5 Å². The van der Waals surface area contributed by atoms with Gasteiger partial charge < -0.3 is 25.2 Å². The Labute approximate surface area is 152 Å². The number of aliphatic hydroxyl groups is 4. The van der Waals surface area contributed by atoms with Crippen molar-refractivity contribution in [3.63, 3.8) is 0 Å². The van der Waals surface area contributed by atoms with Gasteiger partial charge in [-0.1, -0.05) is 20.4 Å². The molecule has 2 saturated heterocycles. The van der Waals surface area contributed by atoms with E-state index in [0.717, 1.165) is 6.42 Å². The van der Waals surface area contributed by atoms with Crippen molar-refractivity contribution in [2.24, 2.45) is 34.0 Å². The van der Waals surface area contributed by atoms with E-state index in [4.69, 9.17) is 4.74 Å². The van der Waals surface area contributed by atoms with E-state index in [9.17, 15) is 25.2 Å². The first-order valence-electron chi connectivity index (χ1n) is 9.71. The summed E-state index contributed by atoms with van der Waals surface area (Å²) in [6, 6.07) is 0. The third kappa shape index (κ3) is 1.41. The van der Waals surface area contributed by atoms with Crippen LogP contribution in [-0.2, 0) is 9.53 Å². The number of rotatable bonds is 0. The molecule has 4 saturated carbocycles. The number of hydrogen-bond acceptors (Lipinski definition) is 6. The van der Waals surface area contributed by atoms with Gasteiger partial charge in [-0.15, -0.1) is 0 Å². The van der Waals surface area contributed by atoms with E-state index >= 15 is 0 Å². The average Bonchev–Trinajstić information content (AvgIpc) is 2.69. The minimum atomic E-state index is -2.15. The van der Waals surface area contributed by atoms with Gasteiger partial charge in [0.15, 0.2) is 5.78 Å². The lowest BCUT2D eigenvalue weighted by molar-refractivity contribution is -0.458. The SMILES string of the molecule is C=C1C(=O)[C@@]23[C@H](O)[C@@H]1CC[C@H]2[C@@]12CO[C@@]3(O)[C@@H](O)[C@@H]1C(C)(C)CC[C@@H]2O. The number of aliphatic hydroxyl groups excluding tert-OH is 3. The van der Waals surface area contributed by atoms with Crippen LogP contribution in [-0.4, -0.2) is 56.9 Å². The Hall–Kier alpha value is -0.790. The number of ketones is 1. The number of fused-ring (bicyclic) bond motifs is 2. The van der Waals surface area contributed by atoms with Crippen LogP contribution in [0.15, 0.2) is 12.2 Å². The maximum Gasteiger partial charge on any atom is 0.208 e. The van der Waals surface area contributed by atoms with E-state index in [2.05, 4.69) is 6.58 Å². The molecule has 6 heteroatoms. The van der Waals surface area contributed by atoms with E-state index in [0.29, 0.717) is 24.8 Å². The number of carbonyl (C=O) groups is 1. The van der Waals surface area contributed by atoms with E-state index < -0.39 is 58.5 Å². The van der Waals surface area contributed by atoms with Crippen molar-refractivity contribution < 1.29 is 30.0 Å². The standard InChI is InChI=1S/C20H28O6/c1-9-10-4-5-11-18-8-26-20(25,19(11,14(9)22)15(10)23)16(24)13(18)17(2,3)7-6-12(18)21/h10-13,15-16,21,23-25H,1,4-8H2,2-3H3/t10-,11+,12+,13-,15-,16+,18-,19-,20+/m1/s1. The summed E-state index contributed by atoms with van der Waals surface area (Å²) in [6.07, 6.45) is -0.747. The van der Waals surface area contributed by atoms with Gasteiger partial charge in [0.2, 0.25) is 5.79 Å². The molecule has 0 aromatic heterocycles. The molecule has 0 aromatic carbocycles. The number of carbonyl (C=O) groups excluding carboxylic acids is 1. The molecular weight excluding hydrogens is 336 g/mol. The van der Waals surface area contributed by atoms with Crippen LogP contribution in [0.5, 0.6) is 0 Å². The predicted molar refractivity (Wildman–Crippen MR) is 90.7 cm³/mol. The summed E-state index contributed by atoms with van der Waals surface area (Å²) < 4.78 is 5.80. The first-order valence-corrected chi connectivity index (χ1v) is 9.71. The highest BCUT2D eigenvalue weighted by Gasteiger charge is 2.86. The molecule has 2 spiro atoms. The van der Waals surface area contributed by atoms with Gasteiger partial charge in [0.25, 0.3) is 0 Å². The van der Waals surface area contributed by atoms with E-state index in [1.807, 2.05) is 13.8 Å². The van der Waals surface area contributed by atoms with Crippen molar-refractivity contribution in [2.45, 2.75) is 63.6 Å². The van der Waals surface area contributed by atoms with Crippen LogP contribution in [0.3, 0.4) is 0 Å². The Bertz CT molecular complexity index is 717. The summed E-state index contributed by atoms with van der Waals surface area (Å²) in [7, 11) is 0. The molecule has 144 valence electrons. The van der Waals surface area contributed by atoms with Crippen molar-refractivity contribution in [3.05, 3.63) is 12.2 Å². The fourth-order valence-electron chi connectivity index (χ4n) is 7.90. The molecule has 9 atom stereocenters. The molecule has 26 heavy (non-hydrogen) atoms. The zero-order valence-corrected chi connectivity index (χ0v) is 15.3. The van der Waals surface area contributed by atoms with Crippen LogP contribution >= 0.6 is 0 Å². The molecule has 6 fully saturated rings. The molecule has 6 nitrogen and oxygen atoms in total. The zero-order chi connectivity index (χ0) is 18.9. The number of ether oxygens (including phenoxy) is 1. The van der Waals surface area contributed by atoms with E-state index in [1.165, 1.54) is 0 Å². The molecule has 6 aliphatic rings. The van der Waals surface area contributed by atoms with Crippen LogP contribution in [0.4, 0.5) is 0 Å². The van der Waals surface area contributed by atoms with Crippen molar-refractivity contribution in [1.29, 1.82) is 0 Å². The zero-order valence-electron chi connectivity index (χ0n) is 15.3. The van der Waals surface area contributed by atoms with Gasteiger partial charge in [-0.2, -0.15) is 0 Å². The van der Waals surface area contributed by atoms with Crippen molar-refractivity contribution in [1.82, 2.24) is 0 Å². The minimum absolute atomic E-state index is 0.0966. The van der Waals surface area contributed by atoms with Crippen LogP contribution in [0.1, 0.15) is 39.5 Å². The first-order chi connectivity index (χ1) is 12.1. The molecule has 0 aromatic rings. The smallest absolute Gasteiger partial charge is 0.208 e. The fourth-order valence-corrected chi connectivity index (χ4v) is 7.90. The largest absolute Gasteiger partial charge is 0.392 e. The average molecular weight is 364 g/mol. The third-order valence-corrected chi connectivity index (χ3v) is 8.88. The second-order valence-corrected chi connectivity index (χ2v) is 9.97. The van der Waals surface area contributed by atoms with Crippen molar-refractivity contribution in [3.8, 4) is 0 Å². The Kier molecular flexibility index (Phi) is 3.07. The molecule has 4 aliphatic carbocycles. The van der Waals surface area contributed by atoms with Gasteiger partial charge in [-0.05, 0) is 42.6 Å². The summed E-state index contributed by atoms with van der Waals surface area (Å²) in [4.78, 5) is 13.3. The maximum atomic E-state index is 13.3. The molecule has 2 heterocycles. The van der Waals surface area contributed by atoms with E-state index in [1.54, 1.807) is 0 Å². The summed E-state index contributed by atoms with van der Waals surface area (Å²) in [5.74, 6) is -3.80. The van der Waals surface area contributed by atoms with E-state index in [-0.39, 0.29) is 12.0 Å². The summed E-state index contributed by atoms with van der Waals surface area (Å²) in [5.41, 5.74) is -2.49. The summed E-state index contributed by atoms with van der Waals surface area (Å²) >= 11 is 0. The Morgan fingerprint density at radius 1 is 1.12 bits per heavy atom. The molecule has 4 bridgehead atoms. The molecule has 0 radical (unpaired) electrons. The van der Waals surface area contributed by atoms with Crippen molar-refractivity contribution >= 4 is 5.78 Å². The van der Waals surface area contributed by atoms with Gasteiger partial charge in [0.05, 0.1) is 18.8 Å². The van der Waals surface area contributed by atoms with Crippen LogP contribution in [0.2, 0.25) is 0 Å². The highest BCUT2D eigenvalue weighted by atomic mass is 16.6. The molecule has 6 rings (SSSR count). The topological polar surface area (TPSA) is 107 Å². The quantitative estimate of drug-likeness (QED) is 0.463. The lowest BCUT2D eigenvalue weighted by Crippen LogP contribution is -2.85. The second kappa shape index (κ2) is 4.61. The fraction of sp³-hybridized carbons (Fsp3) is 0.850. The maximum absolute atomic E-state index is 13.3. The van der Waals surface area contributed by atoms with Crippen LogP contribution < -0.4 is 0 Å². The Morgan fingerprint density at radius 2 is 1.81 bits per heavy atom. The Morgan fingerprint density at radius 3 is 2.50 bits per heavy atom. The predicted octanol–water partition coefficient (Wildman–Crippen LogP) is 0.376. The lowest BCUT2D eigenvalue weighted by Gasteiger charge is -2.74.